The van der Waals surface area contributed by atoms with E-state index in [9.17, 15) is 0 Å². The Hall–Kier alpha value is -0.200. The number of hydrogen-bond acceptors (Lipinski definition) is 2. The lowest BCUT2D eigenvalue weighted by atomic mass is 9.75. The molecule has 1 aliphatic rings. The van der Waals surface area contributed by atoms with E-state index in [0.29, 0.717) is 5.41 Å². The van der Waals surface area contributed by atoms with Crippen LogP contribution in [0, 0.1) is 5.41 Å². The maximum absolute atomic E-state index is 2.43. The molecule has 1 nitrogen and oxygen atoms in total. The van der Waals surface area contributed by atoms with Crippen molar-refractivity contribution in [2.24, 2.45) is 5.41 Å². The van der Waals surface area contributed by atoms with Crippen molar-refractivity contribution in [3.05, 3.63) is 23.8 Å². The fraction of sp³-hybridized carbons (Fsp3) is 0.700. The summed E-state index contributed by atoms with van der Waals surface area (Å²) >= 11 is 2.12. The predicted octanol–water partition coefficient (Wildman–Crippen LogP) is 6.75. The Morgan fingerprint density at radius 1 is 1.13 bits per heavy atom. The first-order chi connectivity index (χ1) is 11.1. The summed E-state index contributed by atoms with van der Waals surface area (Å²) < 4.78 is 0. The molecular formula is C20H34NPS. The van der Waals surface area contributed by atoms with Gasteiger partial charge in [-0.15, -0.1) is 11.4 Å². The summed E-state index contributed by atoms with van der Waals surface area (Å²) in [4.78, 5) is 3.77. The normalized spacial score (nSPS) is 18.3. The zero-order valence-electron chi connectivity index (χ0n) is 15.5. The van der Waals surface area contributed by atoms with Gasteiger partial charge in [-0.05, 0) is 61.0 Å². The molecule has 3 heteroatoms. The van der Waals surface area contributed by atoms with Crippen LogP contribution in [0.3, 0.4) is 0 Å². The summed E-state index contributed by atoms with van der Waals surface area (Å²) in [5.41, 5.74) is 3.55. The van der Waals surface area contributed by atoms with Crippen LogP contribution >= 0.6 is 19.2 Å². The highest BCUT2D eigenvalue weighted by atomic mass is 32.7. The Labute approximate surface area is 149 Å². The van der Waals surface area contributed by atoms with Crippen LogP contribution in [0.4, 0.5) is 5.69 Å². The molecule has 0 aromatic heterocycles. The molecule has 1 unspecified atom stereocenters. The fourth-order valence-corrected chi connectivity index (χ4v) is 7.24. The largest absolute Gasteiger partial charge is 0.378 e. The monoisotopic (exact) mass is 351 g/mol. The number of anilines is 1. The standard InChI is InChI=1S/C20H34NPS/c1-5-7-12-20(13-8-6-2)14-11-17-15-18(21(3)4)9-10-19(17)23-22-16-20/h9-10,15,22H,5-8,11-14,16H2,1-4H3. The van der Waals surface area contributed by atoms with Crippen LogP contribution in [0.2, 0.25) is 0 Å². The van der Waals surface area contributed by atoms with E-state index in [4.69, 9.17) is 0 Å². The lowest BCUT2D eigenvalue weighted by molar-refractivity contribution is 0.241. The van der Waals surface area contributed by atoms with Crippen molar-refractivity contribution in [1.82, 2.24) is 0 Å². The van der Waals surface area contributed by atoms with E-state index in [1.165, 1.54) is 68.1 Å². The van der Waals surface area contributed by atoms with E-state index in [0.717, 1.165) is 7.78 Å². The zero-order chi connectivity index (χ0) is 16.7. The molecule has 0 radical (unpaired) electrons. The highest BCUT2D eigenvalue weighted by molar-refractivity contribution is 8.49. The third kappa shape index (κ3) is 5.40. The summed E-state index contributed by atoms with van der Waals surface area (Å²) in [7, 11) is 5.32. The Balaban J connectivity index is 2.17. The Morgan fingerprint density at radius 3 is 2.43 bits per heavy atom. The Morgan fingerprint density at radius 2 is 1.83 bits per heavy atom. The lowest BCUT2D eigenvalue weighted by Crippen LogP contribution is -2.25. The topological polar surface area (TPSA) is 3.24 Å². The van der Waals surface area contributed by atoms with Crippen molar-refractivity contribution < 1.29 is 0 Å². The highest BCUT2D eigenvalue weighted by Gasteiger charge is 2.30. The minimum absolute atomic E-state index is 0.614. The number of hydrogen-bond donors (Lipinski definition) is 0. The number of aryl methyl sites for hydroxylation is 1. The third-order valence-corrected chi connectivity index (χ3v) is 8.42. The lowest BCUT2D eigenvalue weighted by Gasteiger charge is -2.36. The second-order valence-corrected chi connectivity index (χ2v) is 10.1. The van der Waals surface area contributed by atoms with Crippen molar-refractivity contribution in [3.8, 4) is 0 Å². The van der Waals surface area contributed by atoms with Crippen molar-refractivity contribution in [3.63, 3.8) is 0 Å². The van der Waals surface area contributed by atoms with Gasteiger partial charge in [0.25, 0.3) is 0 Å². The molecule has 1 atom stereocenters. The molecular weight excluding hydrogens is 317 g/mol. The number of benzene rings is 1. The number of nitrogens with zero attached hydrogens (tertiary/aromatic N) is 1. The van der Waals surface area contributed by atoms with Gasteiger partial charge in [0.15, 0.2) is 0 Å². The molecule has 1 aliphatic heterocycles. The van der Waals surface area contributed by atoms with E-state index < -0.39 is 0 Å². The summed E-state index contributed by atoms with van der Waals surface area (Å²) in [6.45, 7) is 4.68. The van der Waals surface area contributed by atoms with Gasteiger partial charge in [0.2, 0.25) is 0 Å². The minimum atomic E-state index is 0.614. The van der Waals surface area contributed by atoms with Crippen LogP contribution in [0.1, 0.15) is 64.4 Å². The summed E-state index contributed by atoms with van der Waals surface area (Å²) in [5.74, 6) is 0. The molecule has 1 aromatic rings. The van der Waals surface area contributed by atoms with Crippen LogP contribution in [0.5, 0.6) is 0 Å². The van der Waals surface area contributed by atoms with E-state index in [-0.39, 0.29) is 0 Å². The molecule has 0 amide bonds. The van der Waals surface area contributed by atoms with E-state index in [2.05, 4.69) is 62.4 Å². The smallest absolute Gasteiger partial charge is 0.0364 e. The zero-order valence-corrected chi connectivity index (χ0v) is 17.3. The number of fused-ring (bicyclic) bond motifs is 1. The average molecular weight is 352 g/mol. The minimum Gasteiger partial charge on any atom is -0.378 e. The van der Waals surface area contributed by atoms with Crippen molar-refractivity contribution in [1.29, 1.82) is 0 Å². The molecule has 0 fully saturated rings. The molecule has 0 spiro atoms. The molecule has 1 aromatic carbocycles. The second-order valence-electron chi connectivity index (χ2n) is 7.32. The van der Waals surface area contributed by atoms with Gasteiger partial charge in [-0.3, -0.25) is 0 Å². The van der Waals surface area contributed by atoms with Gasteiger partial charge >= 0.3 is 0 Å². The highest BCUT2D eigenvalue weighted by Crippen LogP contribution is 2.51. The van der Waals surface area contributed by atoms with Crippen LogP contribution in [0.15, 0.2) is 23.1 Å². The predicted molar refractivity (Wildman–Crippen MR) is 110 cm³/mol. The van der Waals surface area contributed by atoms with Crippen molar-refractivity contribution in [2.75, 3.05) is 25.2 Å². The molecule has 0 saturated carbocycles. The number of rotatable bonds is 7. The quantitative estimate of drug-likeness (QED) is 0.500. The molecule has 1 heterocycles. The van der Waals surface area contributed by atoms with Gasteiger partial charge in [0, 0.05) is 24.7 Å². The van der Waals surface area contributed by atoms with E-state index in [1.807, 2.05) is 0 Å². The fourth-order valence-electron chi connectivity index (χ4n) is 3.55. The van der Waals surface area contributed by atoms with Crippen molar-refractivity contribution >= 4 is 24.9 Å². The third-order valence-electron chi connectivity index (χ3n) is 5.24. The van der Waals surface area contributed by atoms with Gasteiger partial charge in [-0.25, -0.2) is 0 Å². The first-order valence-corrected chi connectivity index (χ1v) is 12.0. The summed E-state index contributed by atoms with van der Waals surface area (Å²) in [6.07, 6.45) is 12.5. The van der Waals surface area contributed by atoms with Crippen LogP contribution in [-0.2, 0) is 6.42 Å². The van der Waals surface area contributed by atoms with Gasteiger partial charge < -0.3 is 4.90 Å². The second kappa shape index (κ2) is 9.33. The summed E-state index contributed by atoms with van der Waals surface area (Å²) in [6, 6.07) is 7.06. The summed E-state index contributed by atoms with van der Waals surface area (Å²) in [5, 5.41) is 0. The molecule has 0 N–H and O–H groups in total. The van der Waals surface area contributed by atoms with Crippen LogP contribution < -0.4 is 4.90 Å². The maximum Gasteiger partial charge on any atom is 0.0364 e. The SMILES string of the molecule is CCCCC1(CCCC)CCc2cc(N(C)C)ccc2SPC1. The first kappa shape index (κ1) is 19.1. The van der Waals surface area contributed by atoms with E-state index in [1.54, 1.807) is 5.56 Å². The van der Waals surface area contributed by atoms with Gasteiger partial charge in [0.05, 0.1) is 0 Å². The van der Waals surface area contributed by atoms with Crippen molar-refractivity contribution in [2.45, 2.75) is 70.1 Å². The molecule has 130 valence electrons. The van der Waals surface area contributed by atoms with Gasteiger partial charge in [-0.2, -0.15) is 0 Å². The molecule has 23 heavy (non-hydrogen) atoms. The first-order valence-electron chi connectivity index (χ1n) is 9.30. The Kier molecular flexibility index (Phi) is 7.76. The van der Waals surface area contributed by atoms with Gasteiger partial charge in [-0.1, -0.05) is 47.3 Å². The number of unbranched alkanes of at least 4 members (excludes halogenated alkanes) is 2. The molecule has 2 rings (SSSR count). The molecule has 0 bridgehead atoms. The van der Waals surface area contributed by atoms with Crippen LogP contribution in [-0.4, -0.2) is 20.3 Å². The average Bonchev–Trinajstić information content (AvgIpc) is 2.54. The molecule has 0 saturated heterocycles. The Bertz CT molecular complexity index is 479. The van der Waals surface area contributed by atoms with Crippen LogP contribution in [0.25, 0.3) is 0 Å². The molecule has 0 aliphatic carbocycles. The van der Waals surface area contributed by atoms with E-state index >= 15 is 0 Å². The van der Waals surface area contributed by atoms with Gasteiger partial charge in [0.1, 0.15) is 0 Å². The maximum atomic E-state index is 2.43.